The largest absolute Gasteiger partial charge is 0.381 e. The Bertz CT molecular complexity index is 159. The predicted octanol–water partition coefficient (Wildman–Crippen LogP) is 3.92. The fourth-order valence-electron chi connectivity index (χ4n) is 1.97. The number of allylic oxidation sites excluding steroid dienone is 1. The van der Waals surface area contributed by atoms with E-state index in [0.29, 0.717) is 6.04 Å². The summed E-state index contributed by atoms with van der Waals surface area (Å²) in [6.45, 7) is 10.9. The minimum atomic E-state index is 0.639. The third kappa shape index (κ3) is 11.9. The molecule has 1 unspecified atom stereocenters. The molecule has 0 amide bonds. The lowest BCUT2D eigenvalue weighted by Gasteiger charge is -2.17. The number of rotatable bonds is 13. The standard InChI is InChI=1S/C15H31NO/c1-4-7-8-9-10-11-15(16-6-3)12-14-17-13-5-2/h4,15-16H,1,5-14H2,2-3H3. The lowest BCUT2D eigenvalue weighted by atomic mass is 10.0. The number of hydrogen-bond acceptors (Lipinski definition) is 2. The Hall–Kier alpha value is -0.340. The Labute approximate surface area is 108 Å². The van der Waals surface area contributed by atoms with Gasteiger partial charge in [-0.05, 0) is 38.6 Å². The molecule has 0 radical (unpaired) electrons. The van der Waals surface area contributed by atoms with Crippen molar-refractivity contribution in [2.24, 2.45) is 0 Å². The van der Waals surface area contributed by atoms with Gasteiger partial charge in [0.25, 0.3) is 0 Å². The molecule has 0 aromatic carbocycles. The van der Waals surface area contributed by atoms with Crippen molar-refractivity contribution in [1.29, 1.82) is 0 Å². The number of hydrogen-bond donors (Lipinski definition) is 1. The second kappa shape index (κ2) is 13.7. The molecule has 0 aromatic heterocycles. The van der Waals surface area contributed by atoms with Gasteiger partial charge in [0, 0.05) is 19.3 Å². The average Bonchev–Trinajstić information content (AvgIpc) is 2.34. The Balaban J connectivity index is 3.48. The van der Waals surface area contributed by atoms with E-state index in [0.717, 1.165) is 39.0 Å². The van der Waals surface area contributed by atoms with E-state index in [2.05, 4.69) is 25.7 Å². The number of nitrogens with one attached hydrogen (secondary N) is 1. The third-order valence-electron chi connectivity index (χ3n) is 2.91. The van der Waals surface area contributed by atoms with Crippen LogP contribution in [-0.4, -0.2) is 25.8 Å². The summed E-state index contributed by atoms with van der Waals surface area (Å²) in [6.07, 6.45) is 10.6. The molecule has 2 nitrogen and oxygen atoms in total. The Kier molecular flexibility index (Phi) is 13.4. The van der Waals surface area contributed by atoms with Gasteiger partial charge in [-0.3, -0.25) is 0 Å². The molecule has 0 saturated carbocycles. The van der Waals surface area contributed by atoms with Crippen molar-refractivity contribution in [3.63, 3.8) is 0 Å². The third-order valence-corrected chi connectivity index (χ3v) is 2.91. The van der Waals surface area contributed by atoms with E-state index in [1.807, 2.05) is 6.08 Å². The Morgan fingerprint density at radius 3 is 2.59 bits per heavy atom. The highest BCUT2D eigenvalue weighted by atomic mass is 16.5. The predicted molar refractivity (Wildman–Crippen MR) is 76.5 cm³/mol. The molecule has 0 spiro atoms. The van der Waals surface area contributed by atoms with Crippen LogP contribution < -0.4 is 5.32 Å². The van der Waals surface area contributed by atoms with Crippen molar-refractivity contribution < 1.29 is 4.74 Å². The van der Waals surface area contributed by atoms with E-state index >= 15 is 0 Å². The molecule has 17 heavy (non-hydrogen) atoms. The van der Waals surface area contributed by atoms with E-state index in [1.165, 1.54) is 25.7 Å². The van der Waals surface area contributed by atoms with Gasteiger partial charge in [0.1, 0.15) is 0 Å². The van der Waals surface area contributed by atoms with Gasteiger partial charge in [0.15, 0.2) is 0 Å². The van der Waals surface area contributed by atoms with Gasteiger partial charge in [-0.15, -0.1) is 6.58 Å². The summed E-state index contributed by atoms with van der Waals surface area (Å²) in [5.41, 5.74) is 0. The van der Waals surface area contributed by atoms with Gasteiger partial charge < -0.3 is 10.1 Å². The van der Waals surface area contributed by atoms with Crippen molar-refractivity contribution in [2.75, 3.05) is 19.8 Å². The first-order chi connectivity index (χ1) is 8.35. The Morgan fingerprint density at radius 2 is 1.94 bits per heavy atom. The topological polar surface area (TPSA) is 21.3 Å². The second-order valence-corrected chi connectivity index (χ2v) is 4.58. The molecule has 0 heterocycles. The van der Waals surface area contributed by atoms with E-state index < -0.39 is 0 Å². The summed E-state index contributed by atoms with van der Waals surface area (Å²) < 4.78 is 5.55. The van der Waals surface area contributed by atoms with Gasteiger partial charge in [-0.25, -0.2) is 0 Å². The first-order valence-electron chi connectivity index (χ1n) is 7.27. The normalized spacial score (nSPS) is 12.6. The number of ether oxygens (including phenoxy) is 1. The van der Waals surface area contributed by atoms with Crippen LogP contribution in [0.1, 0.15) is 58.8 Å². The molecule has 2 heteroatoms. The van der Waals surface area contributed by atoms with E-state index in [4.69, 9.17) is 4.74 Å². The van der Waals surface area contributed by atoms with Crippen LogP contribution in [0.5, 0.6) is 0 Å². The lowest BCUT2D eigenvalue weighted by Crippen LogP contribution is -2.30. The molecule has 0 fully saturated rings. The van der Waals surface area contributed by atoms with Gasteiger partial charge in [-0.1, -0.05) is 32.8 Å². The maximum absolute atomic E-state index is 5.55. The van der Waals surface area contributed by atoms with Crippen molar-refractivity contribution in [3.8, 4) is 0 Å². The summed E-state index contributed by atoms with van der Waals surface area (Å²) in [6, 6.07) is 0.639. The maximum Gasteiger partial charge on any atom is 0.0480 e. The quantitative estimate of drug-likeness (QED) is 0.390. The first-order valence-corrected chi connectivity index (χ1v) is 7.27. The SMILES string of the molecule is C=CCCCCCC(CCOCCC)NCC. The molecular weight excluding hydrogens is 210 g/mol. The van der Waals surface area contributed by atoms with Crippen molar-refractivity contribution in [3.05, 3.63) is 12.7 Å². The minimum Gasteiger partial charge on any atom is -0.381 e. The highest BCUT2D eigenvalue weighted by Gasteiger charge is 2.06. The summed E-state index contributed by atoms with van der Waals surface area (Å²) in [5.74, 6) is 0. The average molecular weight is 241 g/mol. The van der Waals surface area contributed by atoms with Crippen molar-refractivity contribution in [2.45, 2.75) is 64.8 Å². The maximum atomic E-state index is 5.55. The zero-order valence-electron chi connectivity index (χ0n) is 11.8. The fraction of sp³-hybridized carbons (Fsp3) is 0.867. The van der Waals surface area contributed by atoms with E-state index in [1.54, 1.807) is 0 Å². The number of unbranched alkanes of at least 4 members (excludes halogenated alkanes) is 3. The van der Waals surface area contributed by atoms with Crippen molar-refractivity contribution >= 4 is 0 Å². The van der Waals surface area contributed by atoms with Gasteiger partial charge in [0.2, 0.25) is 0 Å². The van der Waals surface area contributed by atoms with Gasteiger partial charge in [-0.2, -0.15) is 0 Å². The molecule has 102 valence electrons. The monoisotopic (exact) mass is 241 g/mol. The van der Waals surface area contributed by atoms with Gasteiger partial charge >= 0.3 is 0 Å². The fourth-order valence-corrected chi connectivity index (χ4v) is 1.97. The molecule has 0 bridgehead atoms. The van der Waals surface area contributed by atoms with E-state index in [-0.39, 0.29) is 0 Å². The molecule has 0 aliphatic carbocycles. The van der Waals surface area contributed by atoms with E-state index in [9.17, 15) is 0 Å². The summed E-state index contributed by atoms with van der Waals surface area (Å²) in [7, 11) is 0. The molecular formula is C15H31NO. The summed E-state index contributed by atoms with van der Waals surface area (Å²) in [5, 5.41) is 3.55. The Morgan fingerprint density at radius 1 is 1.12 bits per heavy atom. The first kappa shape index (κ1) is 16.7. The molecule has 1 atom stereocenters. The molecule has 0 rings (SSSR count). The molecule has 1 N–H and O–H groups in total. The van der Waals surface area contributed by atoms with Crippen LogP contribution >= 0.6 is 0 Å². The van der Waals surface area contributed by atoms with Gasteiger partial charge in [0.05, 0.1) is 0 Å². The second-order valence-electron chi connectivity index (χ2n) is 4.58. The zero-order chi connectivity index (χ0) is 12.8. The minimum absolute atomic E-state index is 0.639. The lowest BCUT2D eigenvalue weighted by molar-refractivity contribution is 0.123. The van der Waals surface area contributed by atoms with Crippen LogP contribution in [0, 0.1) is 0 Å². The van der Waals surface area contributed by atoms with Crippen molar-refractivity contribution in [1.82, 2.24) is 5.32 Å². The molecule has 0 aliphatic heterocycles. The van der Waals surface area contributed by atoms with Crippen LogP contribution in [-0.2, 0) is 4.74 Å². The van der Waals surface area contributed by atoms with Crippen LogP contribution in [0.3, 0.4) is 0 Å². The molecule has 0 saturated heterocycles. The highest BCUT2D eigenvalue weighted by Crippen LogP contribution is 2.08. The van der Waals surface area contributed by atoms with Crippen LogP contribution in [0.2, 0.25) is 0 Å². The zero-order valence-corrected chi connectivity index (χ0v) is 11.8. The van der Waals surface area contributed by atoms with Crippen LogP contribution in [0.15, 0.2) is 12.7 Å². The molecule has 0 aromatic rings. The molecule has 0 aliphatic rings. The van der Waals surface area contributed by atoms with Crippen LogP contribution in [0.25, 0.3) is 0 Å². The summed E-state index contributed by atoms with van der Waals surface area (Å²) in [4.78, 5) is 0. The van der Waals surface area contributed by atoms with Crippen LogP contribution in [0.4, 0.5) is 0 Å². The smallest absolute Gasteiger partial charge is 0.0480 e. The highest BCUT2D eigenvalue weighted by molar-refractivity contribution is 4.68. The summed E-state index contributed by atoms with van der Waals surface area (Å²) >= 11 is 0.